The van der Waals surface area contributed by atoms with Crippen molar-refractivity contribution in [1.29, 1.82) is 0 Å². The van der Waals surface area contributed by atoms with Crippen molar-refractivity contribution < 1.29 is 9.23 Å². The molecule has 0 radical (unpaired) electrons. The van der Waals surface area contributed by atoms with Gasteiger partial charge in [0, 0.05) is 5.02 Å². The van der Waals surface area contributed by atoms with Crippen molar-refractivity contribution >= 4 is 11.6 Å². The first-order chi connectivity index (χ1) is 7.26. The van der Waals surface area contributed by atoms with Gasteiger partial charge in [0.25, 0.3) is 0 Å². The summed E-state index contributed by atoms with van der Waals surface area (Å²) in [7, 11) is 1.49. The maximum absolute atomic E-state index is 12.4. The van der Waals surface area contributed by atoms with Gasteiger partial charge in [-0.3, -0.25) is 0 Å². The Balaban J connectivity index is 2.38. The third-order valence-corrected chi connectivity index (χ3v) is 2.42. The number of nitrogens with one attached hydrogen (secondary N) is 1. The molecule has 0 aliphatic heterocycles. The Hall–Kier alpha value is -0.640. The van der Waals surface area contributed by atoms with Crippen molar-refractivity contribution in [2.24, 2.45) is 0 Å². The van der Waals surface area contributed by atoms with Gasteiger partial charge in [-0.25, -0.2) is 4.39 Å². The Morgan fingerprint density at radius 3 is 2.60 bits per heavy atom. The monoisotopic (exact) mass is 231 g/mol. The number of alkyl halides is 1. The lowest BCUT2D eigenvalue weighted by molar-refractivity contribution is 0.0500. The molecule has 0 fully saturated rings. The number of aryl methyl sites for hydroxylation is 1. The van der Waals surface area contributed by atoms with Crippen LogP contribution in [0.25, 0.3) is 0 Å². The van der Waals surface area contributed by atoms with Gasteiger partial charge in [0.05, 0.1) is 13.2 Å². The number of hydroxylamine groups is 1. The van der Waals surface area contributed by atoms with E-state index >= 15 is 0 Å². The zero-order valence-electron chi connectivity index (χ0n) is 8.67. The third kappa shape index (κ3) is 4.60. The molecule has 1 aromatic carbocycles. The van der Waals surface area contributed by atoms with Crippen LogP contribution in [0.3, 0.4) is 0 Å². The predicted octanol–water partition coefficient (Wildman–Crippen LogP) is 2.76. The molecule has 1 unspecified atom stereocenters. The standard InChI is InChI=1S/C11H15ClFNO/c1-15-14-11(8-13)7-4-9-2-5-10(12)6-3-9/h2-3,5-6,11,14H,4,7-8H2,1H3. The van der Waals surface area contributed by atoms with Crippen LogP contribution in [-0.2, 0) is 11.3 Å². The van der Waals surface area contributed by atoms with E-state index in [2.05, 4.69) is 5.48 Å². The Morgan fingerprint density at radius 1 is 1.40 bits per heavy atom. The first-order valence-corrected chi connectivity index (χ1v) is 5.23. The summed E-state index contributed by atoms with van der Waals surface area (Å²) in [6, 6.07) is 7.33. The number of benzene rings is 1. The van der Waals surface area contributed by atoms with Crippen LogP contribution in [0.1, 0.15) is 12.0 Å². The van der Waals surface area contributed by atoms with E-state index in [-0.39, 0.29) is 6.04 Å². The summed E-state index contributed by atoms with van der Waals surface area (Å²) in [5.74, 6) is 0. The molecule has 1 aromatic rings. The lowest BCUT2D eigenvalue weighted by atomic mass is 10.1. The van der Waals surface area contributed by atoms with Crippen molar-refractivity contribution in [1.82, 2.24) is 5.48 Å². The third-order valence-electron chi connectivity index (χ3n) is 2.17. The molecule has 0 aromatic heterocycles. The summed E-state index contributed by atoms with van der Waals surface area (Å²) in [6.07, 6.45) is 1.51. The Labute approximate surface area is 94.3 Å². The lowest BCUT2D eigenvalue weighted by Crippen LogP contribution is -2.30. The molecule has 4 heteroatoms. The van der Waals surface area contributed by atoms with E-state index in [0.29, 0.717) is 6.42 Å². The van der Waals surface area contributed by atoms with Gasteiger partial charge in [-0.05, 0) is 30.5 Å². The summed E-state index contributed by atoms with van der Waals surface area (Å²) in [6.45, 7) is -0.429. The highest BCUT2D eigenvalue weighted by molar-refractivity contribution is 6.30. The predicted molar refractivity (Wildman–Crippen MR) is 59.7 cm³/mol. The summed E-state index contributed by atoms with van der Waals surface area (Å²) in [4.78, 5) is 4.69. The number of hydrogen-bond acceptors (Lipinski definition) is 2. The topological polar surface area (TPSA) is 21.3 Å². The van der Waals surface area contributed by atoms with E-state index in [1.54, 1.807) is 0 Å². The van der Waals surface area contributed by atoms with E-state index in [9.17, 15) is 4.39 Å². The Bertz CT molecular complexity index is 278. The fourth-order valence-electron chi connectivity index (χ4n) is 1.33. The van der Waals surface area contributed by atoms with Crippen molar-refractivity contribution in [3.63, 3.8) is 0 Å². The average molecular weight is 232 g/mol. The highest BCUT2D eigenvalue weighted by atomic mass is 35.5. The van der Waals surface area contributed by atoms with Gasteiger partial charge in [0.1, 0.15) is 6.67 Å². The normalized spacial score (nSPS) is 12.7. The quantitative estimate of drug-likeness (QED) is 0.761. The second-order valence-corrected chi connectivity index (χ2v) is 3.77. The molecule has 0 heterocycles. The molecular formula is C11H15ClFNO. The minimum Gasteiger partial charge on any atom is -0.305 e. The number of rotatable bonds is 6. The molecule has 0 spiro atoms. The van der Waals surface area contributed by atoms with Crippen LogP contribution >= 0.6 is 11.6 Å². The molecule has 0 saturated heterocycles. The fourth-order valence-corrected chi connectivity index (χ4v) is 1.45. The summed E-state index contributed by atoms with van der Waals surface area (Å²) >= 11 is 5.76. The molecule has 15 heavy (non-hydrogen) atoms. The van der Waals surface area contributed by atoms with Crippen LogP contribution in [0.15, 0.2) is 24.3 Å². The van der Waals surface area contributed by atoms with Crippen molar-refractivity contribution in [3.8, 4) is 0 Å². The summed E-state index contributed by atoms with van der Waals surface area (Å²) in [5, 5.41) is 0.718. The largest absolute Gasteiger partial charge is 0.305 e. The lowest BCUT2D eigenvalue weighted by Gasteiger charge is -2.12. The second-order valence-electron chi connectivity index (χ2n) is 3.34. The zero-order chi connectivity index (χ0) is 11.1. The van der Waals surface area contributed by atoms with Gasteiger partial charge in [-0.2, -0.15) is 5.48 Å². The summed E-state index contributed by atoms with van der Waals surface area (Å²) in [5.41, 5.74) is 3.76. The van der Waals surface area contributed by atoms with Gasteiger partial charge in [0.15, 0.2) is 0 Å². The maximum atomic E-state index is 12.4. The molecule has 0 saturated carbocycles. The molecule has 1 rings (SSSR count). The van der Waals surface area contributed by atoms with Gasteiger partial charge in [-0.1, -0.05) is 23.7 Å². The highest BCUT2D eigenvalue weighted by Gasteiger charge is 2.07. The van der Waals surface area contributed by atoms with Crippen LogP contribution < -0.4 is 5.48 Å². The van der Waals surface area contributed by atoms with Gasteiger partial charge in [-0.15, -0.1) is 0 Å². The molecule has 0 aliphatic rings. The van der Waals surface area contributed by atoms with Crippen LogP contribution in [0.5, 0.6) is 0 Å². The van der Waals surface area contributed by atoms with Crippen LogP contribution in [-0.4, -0.2) is 19.8 Å². The van der Waals surface area contributed by atoms with E-state index in [4.69, 9.17) is 16.4 Å². The van der Waals surface area contributed by atoms with E-state index in [1.165, 1.54) is 7.11 Å². The fraction of sp³-hybridized carbons (Fsp3) is 0.455. The summed E-state index contributed by atoms with van der Waals surface area (Å²) < 4.78 is 12.4. The average Bonchev–Trinajstić information content (AvgIpc) is 2.26. The van der Waals surface area contributed by atoms with Crippen molar-refractivity contribution in [2.75, 3.05) is 13.8 Å². The molecule has 0 aliphatic carbocycles. The van der Waals surface area contributed by atoms with Gasteiger partial charge in [0.2, 0.25) is 0 Å². The van der Waals surface area contributed by atoms with Gasteiger partial charge < -0.3 is 4.84 Å². The van der Waals surface area contributed by atoms with E-state index in [1.807, 2.05) is 24.3 Å². The molecule has 0 bridgehead atoms. The van der Waals surface area contributed by atoms with E-state index in [0.717, 1.165) is 17.0 Å². The van der Waals surface area contributed by atoms with Crippen molar-refractivity contribution in [3.05, 3.63) is 34.9 Å². The SMILES string of the molecule is CONC(CF)CCc1ccc(Cl)cc1. The first kappa shape index (κ1) is 12.4. The first-order valence-electron chi connectivity index (χ1n) is 4.85. The maximum Gasteiger partial charge on any atom is 0.107 e. The number of hydrogen-bond donors (Lipinski definition) is 1. The van der Waals surface area contributed by atoms with Gasteiger partial charge >= 0.3 is 0 Å². The molecule has 0 amide bonds. The van der Waals surface area contributed by atoms with Crippen LogP contribution in [0.2, 0.25) is 5.02 Å². The van der Waals surface area contributed by atoms with E-state index < -0.39 is 6.67 Å². The molecular weight excluding hydrogens is 217 g/mol. The molecule has 1 N–H and O–H groups in total. The second kappa shape index (κ2) is 6.77. The zero-order valence-corrected chi connectivity index (χ0v) is 9.43. The van der Waals surface area contributed by atoms with Crippen molar-refractivity contribution in [2.45, 2.75) is 18.9 Å². The highest BCUT2D eigenvalue weighted by Crippen LogP contribution is 2.11. The number of halogens is 2. The van der Waals surface area contributed by atoms with Crippen LogP contribution in [0, 0.1) is 0 Å². The van der Waals surface area contributed by atoms with Crippen LogP contribution in [0.4, 0.5) is 4.39 Å². The minimum atomic E-state index is -0.429. The molecule has 1 atom stereocenters. The Morgan fingerprint density at radius 2 is 2.07 bits per heavy atom. The molecule has 2 nitrogen and oxygen atoms in total. The Kier molecular flexibility index (Phi) is 5.61. The smallest absolute Gasteiger partial charge is 0.107 e. The molecule has 84 valence electrons. The minimum absolute atomic E-state index is 0.245.